The summed E-state index contributed by atoms with van der Waals surface area (Å²) in [5.74, 6) is 0.867. The summed E-state index contributed by atoms with van der Waals surface area (Å²) in [7, 11) is 3.98. The number of nitrogens with zero attached hydrogens (tertiary/aromatic N) is 2. The van der Waals surface area contributed by atoms with Gasteiger partial charge in [-0.2, -0.15) is 0 Å². The van der Waals surface area contributed by atoms with Gasteiger partial charge in [-0.25, -0.2) is 4.79 Å². The van der Waals surface area contributed by atoms with Gasteiger partial charge in [0.05, 0.1) is 18.8 Å². The summed E-state index contributed by atoms with van der Waals surface area (Å²) >= 11 is 1.70. The molecule has 0 aliphatic heterocycles. The molecule has 5 nitrogen and oxygen atoms in total. The van der Waals surface area contributed by atoms with Gasteiger partial charge >= 0.3 is 6.03 Å². The van der Waals surface area contributed by atoms with E-state index in [9.17, 15) is 4.79 Å². The minimum Gasteiger partial charge on any atom is -0.468 e. The van der Waals surface area contributed by atoms with Crippen LogP contribution in [-0.4, -0.2) is 42.5 Å². The molecule has 2 aromatic rings. The zero-order valence-corrected chi connectivity index (χ0v) is 14.4. The normalized spacial score (nSPS) is 15.6. The van der Waals surface area contributed by atoms with E-state index in [1.165, 1.54) is 4.88 Å². The van der Waals surface area contributed by atoms with Gasteiger partial charge in [-0.1, -0.05) is 6.07 Å². The van der Waals surface area contributed by atoms with Crippen molar-refractivity contribution in [3.8, 4) is 0 Å². The van der Waals surface area contributed by atoms with Gasteiger partial charge in [0.25, 0.3) is 0 Å². The van der Waals surface area contributed by atoms with Crippen molar-refractivity contribution in [2.45, 2.75) is 31.5 Å². The molecule has 0 aromatic carbocycles. The zero-order valence-electron chi connectivity index (χ0n) is 13.6. The van der Waals surface area contributed by atoms with Crippen molar-refractivity contribution in [3.63, 3.8) is 0 Å². The summed E-state index contributed by atoms with van der Waals surface area (Å²) in [4.78, 5) is 17.9. The molecule has 23 heavy (non-hydrogen) atoms. The third-order valence-corrected chi connectivity index (χ3v) is 4.96. The van der Waals surface area contributed by atoms with Crippen LogP contribution in [0.25, 0.3) is 0 Å². The molecule has 0 saturated heterocycles. The molecule has 1 fully saturated rings. The maximum Gasteiger partial charge on any atom is 0.318 e. The first-order chi connectivity index (χ1) is 11.1. The molecule has 1 aliphatic rings. The molecule has 2 heterocycles. The number of amides is 2. The second-order valence-electron chi connectivity index (χ2n) is 6.12. The Hall–Kier alpha value is -1.79. The molecule has 2 amide bonds. The van der Waals surface area contributed by atoms with Crippen molar-refractivity contribution >= 4 is 17.4 Å². The molecule has 0 unspecified atom stereocenters. The largest absolute Gasteiger partial charge is 0.468 e. The van der Waals surface area contributed by atoms with E-state index in [4.69, 9.17) is 4.42 Å². The lowest BCUT2D eigenvalue weighted by atomic mass is 10.2. The Morgan fingerprint density at radius 1 is 1.39 bits per heavy atom. The van der Waals surface area contributed by atoms with Gasteiger partial charge in [0, 0.05) is 17.5 Å². The number of hydrogen-bond acceptors (Lipinski definition) is 4. The number of furan rings is 1. The molecule has 1 aliphatic carbocycles. The van der Waals surface area contributed by atoms with Crippen LogP contribution in [0.4, 0.5) is 4.79 Å². The van der Waals surface area contributed by atoms with Gasteiger partial charge in [-0.05, 0) is 50.5 Å². The van der Waals surface area contributed by atoms with Crippen LogP contribution in [0, 0.1) is 0 Å². The highest BCUT2D eigenvalue weighted by molar-refractivity contribution is 7.09. The lowest BCUT2D eigenvalue weighted by Crippen LogP contribution is -2.43. The van der Waals surface area contributed by atoms with E-state index in [2.05, 4.69) is 21.7 Å². The van der Waals surface area contributed by atoms with Crippen molar-refractivity contribution in [2.24, 2.45) is 0 Å². The second-order valence-corrected chi connectivity index (χ2v) is 7.15. The topological polar surface area (TPSA) is 48.7 Å². The van der Waals surface area contributed by atoms with E-state index in [1.54, 1.807) is 17.6 Å². The van der Waals surface area contributed by atoms with Crippen LogP contribution >= 0.6 is 11.3 Å². The maximum absolute atomic E-state index is 12.6. The molecular weight excluding hydrogens is 310 g/mol. The molecule has 1 N–H and O–H groups in total. The van der Waals surface area contributed by atoms with E-state index in [-0.39, 0.29) is 12.1 Å². The number of thiophene rings is 1. The fourth-order valence-corrected chi connectivity index (χ4v) is 3.33. The highest BCUT2D eigenvalue weighted by Gasteiger charge is 2.33. The molecule has 124 valence electrons. The van der Waals surface area contributed by atoms with Crippen LogP contribution < -0.4 is 5.32 Å². The third kappa shape index (κ3) is 4.14. The fraction of sp³-hybridized carbons (Fsp3) is 0.471. The number of likely N-dealkylation sites (N-methyl/N-ethyl adjacent to an activating group) is 1. The second kappa shape index (κ2) is 7.19. The monoisotopic (exact) mass is 333 g/mol. The molecule has 3 rings (SSSR count). The average Bonchev–Trinajstić information content (AvgIpc) is 3.01. The smallest absolute Gasteiger partial charge is 0.318 e. The Morgan fingerprint density at radius 3 is 2.78 bits per heavy atom. The minimum absolute atomic E-state index is 0.0132. The van der Waals surface area contributed by atoms with Crippen molar-refractivity contribution < 1.29 is 9.21 Å². The summed E-state index contributed by atoms with van der Waals surface area (Å²) < 4.78 is 5.49. The van der Waals surface area contributed by atoms with Crippen LogP contribution in [0.2, 0.25) is 0 Å². The van der Waals surface area contributed by atoms with Crippen LogP contribution in [-0.2, 0) is 6.54 Å². The van der Waals surface area contributed by atoms with Crippen molar-refractivity contribution in [1.29, 1.82) is 0 Å². The molecule has 2 aromatic heterocycles. The number of hydrogen-bond donors (Lipinski definition) is 1. The number of nitrogens with one attached hydrogen (secondary N) is 1. The van der Waals surface area contributed by atoms with Gasteiger partial charge in [-0.3, -0.25) is 4.90 Å². The van der Waals surface area contributed by atoms with Crippen molar-refractivity contribution in [3.05, 3.63) is 46.5 Å². The minimum atomic E-state index is 0.0132. The zero-order chi connectivity index (χ0) is 16.2. The summed E-state index contributed by atoms with van der Waals surface area (Å²) in [6, 6.07) is 8.37. The van der Waals surface area contributed by atoms with Gasteiger partial charge in [0.15, 0.2) is 0 Å². The van der Waals surface area contributed by atoms with E-state index < -0.39 is 0 Å². The summed E-state index contributed by atoms with van der Waals surface area (Å²) in [6.45, 7) is 1.23. The molecule has 0 radical (unpaired) electrons. The van der Waals surface area contributed by atoms with E-state index in [0.29, 0.717) is 19.1 Å². The van der Waals surface area contributed by atoms with Crippen LogP contribution in [0.1, 0.15) is 29.5 Å². The predicted octanol–water partition coefficient (Wildman–Crippen LogP) is 3.32. The molecule has 6 heteroatoms. The molecular formula is C17H23N3O2S. The van der Waals surface area contributed by atoms with E-state index in [0.717, 1.165) is 18.6 Å². The standard InChI is InChI=1S/C17H23N3O2S/c1-19(2)15(16-6-3-9-22-16)11-18-17(21)20(13-7-8-13)12-14-5-4-10-23-14/h3-6,9-10,13,15H,7-8,11-12H2,1-2H3,(H,18,21)/t15-/m0/s1. The number of carbonyl (C=O) groups excluding carboxylic acids is 1. The first-order valence-electron chi connectivity index (χ1n) is 7.92. The average molecular weight is 333 g/mol. The van der Waals surface area contributed by atoms with E-state index >= 15 is 0 Å². The first kappa shape index (κ1) is 16.1. The van der Waals surface area contributed by atoms with Crippen LogP contribution in [0.5, 0.6) is 0 Å². The quantitative estimate of drug-likeness (QED) is 0.845. The first-order valence-corrected chi connectivity index (χ1v) is 8.80. The van der Waals surface area contributed by atoms with Gasteiger partial charge in [0.1, 0.15) is 5.76 Å². The highest BCUT2D eigenvalue weighted by Crippen LogP contribution is 2.29. The predicted molar refractivity (Wildman–Crippen MR) is 91.4 cm³/mol. The highest BCUT2D eigenvalue weighted by atomic mass is 32.1. The Bertz CT molecular complexity index is 606. The number of urea groups is 1. The molecule has 0 spiro atoms. The SMILES string of the molecule is CN(C)[C@@H](CNC(=O)N(Cc1cccs1)C1CC1)c1ccco1. The lowest BCUT2D eigenvalue weighted by Gasteiger charge is -2.26. The van der Waals surface area contributed by atoms with Crippen LogP contribution in [0.15, 0.2) is 40.3 Å². The Labute approximate surface area is 140 Å². The Balaban J connectivity index is 1.60. The number of rotatable bonds is 7. The summed E-state index contributed by atoms with van der Waals surface area (Å²) in [5, 5.41) is 5.13. The Morgan fingerprint density at radius 2 is 2.22 bits per heavy atom. The fourth-order valence-electron chi connectivity index (χ4n) is 2.63. The summed E-state index contributed by atoms with van der Waals surface area (Å²) in [5.41, 5.74) is 0. The van der Waals surface area contributed by atoms with Gasteiger partial charge in [0.2, 0.25) is 0 Å². The van der Waals surface area contributed by atoms with Crippen molar-refractivity contribution in [2.75, 3.05) is 20.6 Å². The molecule has 1 atom stereocenters. The Kier molecular flexibility index (Phi) is 5.03. The molecule has 0 bridgehead atoms. The van der Waals surface area contributed by atoms with Crippen molar-refractivity contribution in [1.82, 2.24) is 15.1 Å². The number of carbonyl (C=O) groups is 1. The summed E-state index contributed by atoms with van der Waals surface area (Å²) in [6.07, 6.45) is 3.88. The third-order valence-electron chi connectivity index (χ3n) is 4.10. The lowest BCUT2D eigenvalue weighted by molar-refractivity contribution is 0.184. The molecule has 1 saturated carbocycles. The maximum atomic E-state index is 12.6. The van der Waals surface area contributed by atoms with E-state index in [1.807, 2.05) is 37.2 Å². The van der Waals surface area contributed by atoms with Crippen LogP contribution in [0.3, 0.4) is 0 Å². The van der Waals surface area contributed by atoms with Gasteiger partial charge in [-0.15, -0.1) is 11.3 Å². The van der Waals surface area contributed by atoms with Gasteiger partial charge < -0.3 is 14.6 Å².